The van der Waals surface area contributed by atoms with Crippen LogP contribution in [0.2, 0.25) is 0 Å². The monoisotopic (exact) mass is 402 g/mol. The van der Waals surface area contributed by atoms with Crippen LogP contribution in [0.15, 0.2) is 72.8 Å². The number of ether oxygens (including phenoxy) is 3. The van der Waals surface area contributed by atoms with Gasteiger partial charge >= 0.3 is 0 Å². The minimum absolute atomic E-state index is 0.429. The van der Waals surface area contributed by atoms with Crippen molar-refractivity contribution < 1.29 is 14.2 Å². The van der Waals surface area contributed by atoms with Gasteiger partial charge in [-0.3, -0.25) is 0 Å². The maximum absolute atomic E-state index is 6.06. The standard InChI is InChI=1S/C25H26N2O3/c1-19-8-3-6-11-24(19)30-18-25-26-22-9-4-5-10-23(22)27(25)16-7-17-29-21-14-12-20(28-2)13-15-21/h3-6,8-15H,7,16-18H2,1-2H3. The van der Waals surface area contributed by atoms with Crippen molar-refractivity contribution in [3.05, 3.63) is 84.2 Å². The largest absolute Gasteiger partial charge is 0.497 e. The van der Waals surface area contributed by atoms with Crippen LogP contribution in [-0.2, 0) is 13.2 Å². The second-order valence-electron chi connectivity index (χ2n) is 7.10. The fourth-order valence-electron chi connectivity index (χ4n) is 3.43. The molecule has 5 heteroatoms. The van der Waals surface area contributed by atoms with Gasteiger partial charge < -0.3 is 18.8 Å². The van der Waals surface area contributed by atoms with E-state index in [9.17, 15) is 0 Å². The molecule has 0 saturated carbocycles. The van der Waals surface area contributed by atoms with Crippen LogP contribution in [0.4, 0.5) is 0 Å². The number of hydrogen-bond donors (Lipinski definition) is 0. The molecule has 30 heavy (non-hydrogen) atoms. The molecule has 0 radical (unpaired) electrons. The number of rotatable bonds is 9. The van der Waals surface area contributed by atoms with Crippen molar-refractivity contribution in [1.82, 2.24) is 9.55 Å². The van der Waals surface area contributed by atoms with Crippen LogP contribution in [0.25, 0.3) is 11.0 Å². The van der Waals surface area contributed by atoms with Gasteiger partial charge in [-0.15, -0.1) is 0 Å². The fourth-order valence-corrected chi connectivity index (χ4v) is 3.43. The summed E-state index contributed by atoms with van der Waals surface area (Å²) in [5.74, 6) is 3.47. The van der Waals surface area contributed by atoms with Gasteiger partial charge in [0, 0.05) is 6.54 Å². The molecule has 0 saturated heterocycles. The number of nitrogens with zero attached hydrogens (tertiary/aromatic N) is 2. The summed E-state index contributed by atoms with van der Waals surface area (Å²) in [4.78, 5) is 4.80. The zero-order valence-corrected chi connectivity index (χ0v) is 17.4. The molecule has 1 aromatic heterocycles. The van der Waals surface area contributed by atoms with Gasteiger partial charge in [0.1, 0.15) is 29.7 Å². The smallest absolute Gasteiger partial charge is 0.148 e. The number of para-hydroxylation sites is 3. The third-order valence-corrected chi connectivity index (χ3v) is 5.04. The second-order valence-corrected chi connectivity index (χ2v) is 7.10. The number of aromatic nitrogens is 2. The molecule has 4 aromatic rings. The number of imidazole rings is 1. The van der Waals surface area contributed by atoms with E-state index in [1.54, 1.807) is 7.11 Å². The van der Waals surface area contributed by atoms with Crippen molar-refractivity contribution >= 4 is 11.0 Å². The Morgan fingerprint density at radius 2 is 1.57 bits per heavy atom. The molecule has 0 unspecified atom stereocenters. The Balaban J connectivity index is 1.42. The lowest BCUT2D eigenvalue weighted by Crippen LogP contribution is -2.10. The van der Waals surface area contributed by atoms with Crippen molar-refractivity contribution in [3.8, 4) is 17.2 Å². The summed E-state index contributed by atoms with van der Waals surface area (Å²) in [6.07, 6.45) is 0.865. The Morgan fingerprint density at radius 3 is 2.37 bits per heavy atom. The van der Waals surface area contributed by atoms with Gasteiger partial charge in [0.15, 0.2) is 0 Å². The normalized spacial score (nSPS) is 10.9. The lowest BCUT2D eigenvalue weighted by molar-refractivity contribution is 0.279. The van der Waals surface area contributed by atoms with Crippen molar-refractivity contribution in [2.75, 3.05) is 13.7 Å². The van der Waals surface area contributed by atoms with E-state index in [2.05, 4.69) is 23.6 Å². The third kappa shape index (κ3) is 4.57. The van der Waals surface area contributed by atoms with E-state index in [1.165, 1.54) is 0 Å². The van der Waals surface area contributed by atoms with Crippen molar-refractivity contribution in [2.24, 2.45) is 0 Å². The molecule has 0 aliphatic rings. The van der Waals surface area contributed by atoms with Crippen molar-refractivity contribution in [3.63, 3.8) is 0 Å². The molecule has 0 amide bonds. The highest BCUT2D eigenvalue weighted by molar-refractivity contribution is 5.75. The van der Waals surface area contributed by atoms with Crippen LogP contribution in [0.5, 0.6) is 17.2 Å². The van der Waals surface area contributed by atoms with Crippen LogP contribution in [-0.4, -0.2) is 23.3 Å². The third-order valence-electron chi connectivity index (χ3n) is 5.04. The number of fused-ring (bicyclic) bond motifs is 1. The molecule has 0 spiro atoms. The maximum atomic E-state index is 6.06. The molecule has 4 rings (SSSR count). The number of methoxy groups -OCH3 is 1. The Kier molecular flexibility index (Phi) is 6.18. The first-order valence-corrected chi connectivity index (χ1v) is 10.1. The summed E-state index contributed by atoms with van der Waals surface area (Å²) in [6, 6.07) is 23.9. The van der Waals surface area contributed by atoms with Crippen LogP contribution in [0.3, 0.4) is 0 Å². The maximum Gasteiger partial charge on any atom is 0.148 e. The van der Waals surface area contributed by atoms with Crippen LogP contribution in [0.1, 0.15) is 17.8 Å². The molecule has 0 aliphatic heterocycles. The molecule has 0 N–H and O–H groups in total. The Labute approximate surface area is 176 Å². The van der Waals surface area contributed by atoms with Crippen molar-refractivity contribution in [1.29, 1.82) is 0 Å². The summed E-state index contributed by atoms with van der Waals surface area (Å²) in [5.41, 5.74) is 3.22. The summed E-state index contributed by atoms with van der Waals surface area (Å²) in [7, 11) is 1.66. The van der Waals surface area contributed by atoms with Crippen LogP contribution >= 0.6 is 0 Å². The Bertz CT molecular complexity index is 1100. The van der Waals surface area contributed by atoms with E-state index in [0.717, 1.165) is 52.6 Å². The average Bonchev–Trinajstić information content (AvgIpc) is 3.14. The molecule has 0 aliphatic carbocycles. The van der Waals surface area contributed by atoms with E-state index >= 15 is 0 Å². The van der Waals surface area contributed by atoms with Gasteiger partial charge in [0.25, 0.3) is 0 Å². The average molecular weight is 402 g/mol. The van der Waals surface area contributed by atoms with E-state index in [1.807, 2.05) is 60.7 Å². The van der Waals surface area contributed by atoms with E-state index in [0.29, 0.717) is 13.2 Å². The first-order valence-electron chi connectivity index (χ1n) is 10.1. The van der Waals surface area contributed by atoms with Crippen LogP contribution < -0.4 is 14.2 Å². The minimum Gasteiger partial charge on any atom is -0.497 e. The van der Waals surface area contributed by atoms with Gasteiger partial charge in [-0.1, -0.05) is 30.3 Å². The zero-order valence-electron chi connectivity index (χ0n) is 17.4. The molecular formula is C25H26N2O3. The summed E-state index contributed by atoms with van der Waals surface area (Å²) in [5, 5.41) is 0. The number of aryl methyl sites for hydroxylation is 2. The molecular weight excluding hydrogens is 376 g/mol. The SMILES string of the molecule is COc1ccc(OCCCn2c(COc3ccccc3C)nc3ccccc32)cc1. The topological polar surface area (TPSA) is 45.5 Å². The predicted molar refractivity (Wildman–Crippen MR) is 118 cm³/mol. The van der Waals surface area contributed by atoms with Crippen LogP contribution in [0, 0.1) is 6.92 Å². The molecule has 1 heterocycles. The molecule has 5 nitrogen and oxygen atoms in total. The minimum atomic E-state index is 0.429. The van der Waals surface area contributed by atoms with Gasteiger partial charge in [0.2, 0.25) is 0 Å². The second kappa shape index (κ2) is 9.35. The quantitative estimate of drug-likeness (QED) is 0.352. The van der Waals surface area contributed by atoms with Gasteiger partial charge in [0.05, 0.1) is 24.8 Å². The van der Waals surface area contributed by atoms with Gasteiger partial charge in [-0.25, -0.2) is 4.98 Å². The lowest BCUT2D eigenvalue weighted by Gasteiger charge is -2.12. The molecule has 0 fully saturated rings. The first-order chi connectivity index (χ1) is 14.7. The molecule has 3 aromatic carbocycles. The Morgan fingerprint density at radius 1 is 0.833 bits per heavy atom. The van der Waals surface area contributed by atoms with Gasteiger partial charge in [-0.2, -0.15) is 0 Å². The molecule has 0 bridgehead atoms. The predicted octanol–water partition coefficient (Wildman–Crippen LogP) is 5.40. The molecule has 154 valence electrons. The van der Waals surface area contributed by atoms with E-state index < -0.39 is 0 Å². The van der Waals surface area contributed by atoms with E-state index in [4.69, 9.17) is 19.2 Å². The molecule has 0 atom stereocenters. The number of benzene rings is 3. The Hall–Kier alpha value is -3.47. The fraction of sp³-hybridized carbons (Fsp3) is 0.240. The summed E-state index contributed by atoms with van der Waals surface area (Å²) >= 11 is 0. The zero-order chi connectivity index (χ0) is 20.8. The first kappa shape index (κ1) is 19.8. The summed E-state index contributed by atoms with van der Waals surface area (Å²) in [6.45, 7) is 3.91. The highest BCUT2D eigenvalue weighted by atomic mass is 16.5. The van der Waals surface area contributed by atoms with Gasteiger partial charge in [-0.05, 0) is 61.4 Å². The number of hydrogen-bond acceptors (Lipinski definition) is 4. The summed E-state index contributed by atoms with van der Waals surface area (Å²) < 4.78 is 19.4. The van der Waals surface area contributed by atoms with E-state index in [-0.39, 0.29) is 0 Å². The van der Waals surface area contributed by atoms with Crippen molar-refractivity contribution in [2.45, 2.75) is 26.5 Å². The lowest BCUT2D eigenvalue weighted by atomic mass is 10.2. The highest BCUT2D eigenvalue weighted by Gasteiger charge is 2.11. The highest BCUT2D eigenvalue weighted by Crippen LogP contribution is 2.21.